The molecule has 2 heterocycles. The van der Waals surface area contributed by atoms with Crippen molar-refractivity contribution in [2.24, 2.45) is 0 Å². The van der Waals surface area contributed by atoms with Crippen LogP contribution in [-0.2, 0) is 10.0 Å². The van der Waals surface area contributed by atoms with Crippen LogP contribution < -0.4 is 4.72 Å². The maximum absolute atomic E-state index is 12.4. The third-order valence-corrected chi connectivity index (χ3v) is 4.84. The second-order valence-electron chi connectivity index (χ2n) is 5.65. The van der Waals surface area contributed by atoms with E-state index in [2.05, 4.69) is 14.8 Å². The van der Waals surface area contributed by atoms with Crippen LogP contribution in [0.1, 0.15) is 19.9 Å². The zero-order chi connectivity index (χ0) is 17.2. The van der Waals surface area contributed by atoms with Gasteiger partial charge in [-0.3, -0.25) is 9.40 Å². The molecule has 0 atom stereocenters. The summed E-state index contributed by atoms with van der Waals surface area (Å²) < 4.78 is 28.8. The van der Waals surface area contributed by atoms with Gasteiger partial charge in [-0.15, -0.1) is 0 Å². The zero-order valence-corrected chi connectivity index (χ0v) is 14.2. The van der Waals surface area contributed by atoms with Crippen molar-refractivity contribution in [3.63, 3.8) is 0 Å². The van der Waals surface area contributed by atoms with Gasteiger partial charge < -0.3 is 0 Å². The fourth-order valence-corrected chi connectivity index (χ4v) is 3.14. The first kappa shape index (κ1) is 16.2. The molecular formula is C17H18N4O2S. The molecule has 1 aromatic carbocycles. The number of hydrogen-bond donors (Lipinski definition) is 1. The van der Waals surface area contributed by atoms with Gasteiger partial charge in [0.05, 0.1) is 6.20 Å². The van der Waals surface area contributed by atoms with E-state index < -0.39 is 10.0 Å². The van der Waals surface area contributed by atoms with Gasteiger partial charge in [-0.05, 0) is 31.5 Å². The molecule has 124 valence electrons. The van der Waals surface area contributed by atoms with E-state index in [1.54, 1.807) is 16.9 Å². The monoisotopic (exact) mass is 342 g/mol. The SMILES string of the molecule is CC(C)n1cc(S(=O)(=O)Nc2ccc(-c3ccccc3)cn2)cn1. The number of pyridine rings is 1. The molecule has 1 N–H and O–H groups in total. The average molecular weight is 342 g/mol. The number of nitrogens with zero attached hydrogens (tertiary/aromatic N) is 3. The normalized spacial score (nSPS) is 11.6. The molecule has 0 unspecified atom stereocenters. The number of sulfonamides is 1. The van der Waals surface area contributed by atoms with Gasteiger partial charge in [0.1, 0.15) is 10.7 Å². The van der Waals surface area contributed by atoms with Gasteiger partial charge in [-0.25, -0.2) is 13.4 Å². The lowest BCUT2D eigenvalue weighted by Crippen LogP contribution is -2.13. The minimum Gasteiger partial charge on any atom is -0.269 e. The van der Waals surface area contributed by atoms with Crippen LogP contribution in [0.5, 0.6) is 0 Å². The third kappa shape index (κ3) is 3.46. The molecule has 0 aliphatic heterocycles. The summed E-state index contributed by atoms with van der Waals surface area (Å²) in [7, 11) is -3.70. The van der Waals surface area contributed by atoms with E-state index in [0.717, 1.165) is 11.1 Å². The summed E-state index contributed by atoms with van der Waals surface area (Å²) in [5, 5.41) is 4.05. The first-order valence-electron chi connectivity index (χ1n) is 7.54. The van der Waals surface area contributed by atoms with Gasteiger partial charge in [-0.2, -0.15) is 5.10 Å². The second kappa shape index (κ2) is 6.45. The fourth-order valence-electron chi connectivity index (χ4n) is 2.19. The Bertz CT molecular complexity index is 917. The molecule has 0 saturated heterocycles. The largest absolute Gasteiger partial charge is 0.269 e. The Kier molecular flexibility index (Phi) is 4.35. The summed E-state index contributed by atoms with van der Waals surface area (Å²) in [6, 6.07) is 13.3. The van der Waals surface area contributed by atoms with Crippen LogP contribution in [0.2, 0.25) is 0 Å². The van der Waals surface area contributed by atoms with Crippen LogP contribution in [0.15, 0.2) is 66.0 Å². The van der Waals surface area contributed by atoms with Crippen LogP contribution in [0.25, 0.3) is 11.1 Å². The number of aromatic nitrogens is 3. The van der Waals surface area contributed by atoms with E-state index in [0.29, 0.717) is 0 Å². The summed E-state index contributed by atoms with van der Waals surface area (Å²) in [5.41, 5.74) is 1.95. The highest BCUT2D eigenvalue weighted by atomic mass is 32.2. The number of rotatable bonds is 5. The Morgan fingerprint density at radius 1 is 1.00 bits per heavy atom. The smallest absolute Gasteiger partial charge is 0.266 e. The Balaban J connectivity index is 1.80. The molecule has 7 heteroatoms. The molecule has 0 bridgehead atoms. The number of hydrogen-bond acceptors (Lipinski definition) is 4. The lowest BCUT2D eigenvalue weighted by Gasteiger charge is -2.07. The molecule has 0 fully saturated rings. The van der Waals surface area contributed by atoms with E-state index in [1.807, 2.05) is 50.2 Å². The second-order valence-corrected chi connectivity index (χ2v) is 7.34. The van der Waals surface area contributed by atoms with E-state index in [4.69, 9.17) is 0 Å². The number of benzene rings is 1. The lowest BCUT2D eigenvalue weighted by molar-refractivity contribution is 0.531. The van der Waals surface area contributed by atoms with Crippen LogP contribution >= 0.6 is 0 Å². The van der Waals surface area contributed by atoms with Crippen LogP contribution in [0.4, 0.5) is 5.82 Å². The minimum absolute atomic E-state index is 0.0947. The number of nitrogens with one attached hydrogen (secondary N) is 1. The predicted octanol–water partition coefficient (Wildman–Crippen LogP) is 3.33. The zero-order valence-electron chi connectivity index (χ0n) is 13.4. The molecule has 24 heavy (non-hydrogen) atoms. The van der Waals surface area contributed by atoms with Gasteiger partial charge in [0.25, 0.3) is 10.0 Å². The van der Waals surface area contributed by atoms with Crippen molar-refractivity contribution >= 4 is 15.8 Å². The number of anilines is 1. The first-order valence-corrected chi connectivity index (χ1v) is 9.02. The molecule has 0 aliphatic rings. The summed E-state index contributed by atoms with van der Waals surface area (Å²) in [6.07, 6.45) is 4.48. The van der Waals surface area contributed by atoms with Crippen molar-refractivity contribution in [3.8, 4) is 11.1 Å². The highest BCUT2D eigenvalue weighted by Crippen LogP contribution is 2.20. The van der Waals surface area contributed by atoms with Gasteiger partial charge in [0, 0.05) is 24.0 Å². The maximum atomic E-state index is 12.4. The lowest BCUT2D eigenvalue weighted by atomic mass is 10.1. The molecule has 0 radical (unpaired) electrons. The van der Waals surface area contributed by atoms with Crippen molar-refractivity contribution in [1.82, 2.24) is 14.8 Å². The molecule has 0 aliphatic carbocycles. The third-order valence-electron chi connectivity index (χ3n) is 3.53. The van der Waals surface area contributed by atoms with Crippen LogP contribution in [-0.4, -0.2) is 23.2 Å². The highest BCUT2D eigenvalue weighted by molar-refractivity contribution is 7.92. The van der Waals surface area contributed by atoms with Crippen LogP contribution in [0, 0.1) is 0 Å². The van der Waals surface area contributed by atoms with E-state index in [9.17, 15) is 8.42 Å². The Labute approximate surface area is 141 Å². The molecule has 0 spiro atoms. The first-order chi connectivity index (χ1) is 11.5. The molecule has 2 aromatic heterocycles. The van der Waals surface area contributed by atoms with Gasteiger partial charge in [0.2, 0.25) is 0 Å². The van der Waals surface area contributed by atoms with Gasteiger partial charge >= 0.3 is 0 Å². The van der Waals surface area contributed by atoms with Crippen molar-refractivity contribution in [2.45, 2.75) is 24.8 Å². The molecule has 0 amide bonds. The van der Waals surface area contributed by atoms with E-state index in [1.165, 1.54) is 12.4 Å². The molecule has 3 aromatic rings. The Morgan fingerprint density at radius 3 is 2.33 bits per heavy atom. The van der Waals surface area contributed by atoms with Crippen molar-refractivity contribution in [3.05, 3.63) is 61.1 Å². The highest BCUT2D eigenvalue weighted by Gasteiger charge is 2.18. The average Bonchev–Trinajstić information content (AvgIpc) is 3.07. The fraction of sp³-hybridized carbons (Fsp3) is 0.176. The molecule has 6 nitrogen and oxygen atoms in total. The summed E-state index contributed by atoms with van der Waals surface area (Å²) in [4.78, 5) is 4.31. The van der Waals surface area contributed by atoms with Crippen molar-refractivity contribution in [1.29, 1.82) is 0 Å². The Morgan fingerprint density at radius 2 is 1.75 bits per heavy atom. The van der Waals surface area contributed by atoms with Gasteiger partial charge in [-0.1, -0.05) is 30.3 Å². The van der Waals surface area contributed by atoms with E-state index >= 15 is 0 Å². The molecular weight excluding hydrogens is 324 g/mol. The quantitative estimate of drug-likeness (QED) is 0.771. The van der Waals surface area contributed by atoms with Gasteiger partial charge in [0.15, 0.2) is 0 Å². The summed E-state index contributed by atoms with van der Waals surface area (Å²) in [6.45, 7) is 3.86. The van der Waals surface area contributed by atoms with Crippen molar-refractivity contribution < 1.29 is 8.42 Å². The minimum atomic E-state index is -3.70. The maximum Gasteiger partial charge on any atom is 0.266 e. The van der Waals surface area contributed by atoms with E-state index in [-0.39, 0.29) is 16.8 Å². The van der Waals surface area contributed by atoms with Crippen molar-refractivity contribution in [2.75, 3.05) is 4.72 Å². The molecule has 3 rings (SSSR count). The Hall–Kier alpha value is -2.67. The predicted molar refractivity (Wildman–Crippen MR) is 93.1 cm³/mol. The topological polar surface area (TPSA) is 76.9 Å². The molecule has 0 saturated carbocycles. The standard InChI is InChI=1S/C17H18N4O2S/c1-13(2)21-12-16(11-19-21)24(22,23)20-17-9-8-15(10-18-17)14-6-4-3-5-7-14/h3-13H,1-2H3,(H,18,20). The summed E-state index contributed by atoms with van der Waals surface area (Å²) >= 11 is 0. The van der Waals surface area contributed by atoms with Crippen LogP contribution in [0.3, 0.4) is 0 Å². The summed E-state index contributed by atoms with van der Waals surface area (Å²) in [5.74, 6) is 0.270.